The molecule has 0 aliphatic rings. The van der Waals surface area contributed by atoms with E-state index in [1.807, 2.05) is 84.9 Å². The Labute approximate surface area is 400 Å². The van der Waals surface area contributed by atoms with Gasteiger partial charge in [0.1, 0.15) is 0 Å². The van der Waals surface area contributed by atoms with Crippen molar-refractivity contribution < 1.29 is 36.4 Å². The summed E-state index contributed by atoms with van der Waals surface area (Å²) in [6.45, 7) is 26.3. The Hall–Kier alpha value is -4.10. The fourth-order valence-corrected chi connectivity index (χ4v) is 6.92. The third-order valence-corrected chi connectivity index (χ3v) is 10.7. The molecule has 2 aromatic heterocycles. The molecule has 0 aliphatic heterocycles. The van der Waals surface area contributed by atoms with Crippen LogP contribution in [-0.4, -0.2) is 48.4 Å². The van der Waals surface area contributed by atoms with Crippen LogP contribution in [-0.2, 0) is 59.1 Å². The summed E-state index contributed by atoms with van der Waals surface area (Å²) in [7, 11) is 7.00. The van der Waals surface area contributed by atoms with E-state index in [0.717, 1.165) is 22.3 Å². The molecular formula is C56H74N4O2Zr. The molecule has 0 saturated carbocycles. The van der Waals surface area contributed by atoms with Crippen molar-refractivity contribution in [2.24, 2.45) is 0 Å². The van der Waals surface area contributed by atoms with E-state index < -0.39 is 11.2 Å². The smallest absolute Gasteiger partial charge is 0.668 e. The third kappa shape index (κ3) is 14.5. The molecular weight excluding hydrogens is 852 g/mol. The van der Waals surface area contributed by atoms with E-state index in [9.17, 15) is 10.2 Å². The Morgan fingerprint density at radius 3 is 0.635 bits per heavy atom. The summed E-state index contributed by atoms with van der Waals surface area (Å²) in [5, 5.41) is 30.9. The average Bonchev–Trinajstić information content (AvgIpc) is 3.23. The molecule has 0 radical (unpaired) electrons. The monoisotopic (exact) mass is 924 g/mol. The quantitative estimate of drug-likeness (QED) is 0.174. The number of hydrogen-bond donors (Lipinski definition) is 2. The largest absolute Gasteiger partial charge is 2.00 e. The number of nitrogens with zero attached hydrogens (tertiary/aromatic N) is 4. The van der Waals surface area contributed by atoms with Gasteiger partial charge in [-0.05, 0) is 90.4 Å². The zero-order valence-corrected chi connectivity index (χ0v) is 43.5. The zero-order valence-electron chi connectivity index (χ0n) is 41.0. The summed E-state index contributed by atoms with van der Waals surface area (Å²) in [6.07, 6.45) is 3.46. The van der Waals surface area contributed by atoms with E-state index in [-0.39, 0.29) is 47.9 Å². The molecule has 2 N–H and O–H groups in total. The predicted octanol–water partition coefficient (Wildman–Crippen LogP) is 13.2. The molecule has 63 heavy (non-hydrogen) atoms. The van der Waals surface area contributed by atoms with Crippen molar-refractivity contribution in [3.63, 3.8) is 0 Å². The Morgan fingerprint density at radius 1 is 0.317 bits per heavy atom. The van der Waals surface area contributed by atoms with E-state index in [0.29, 0.717) is 11.4 Å². The minimum atomic E-state index is -1.30. The van der Waals surface area contributed by atoms with Crippen LogP contribution in [0.25, 0.3) is 10.6 Å². The van der Waals surface area contributed by atoms with Crippen molar-refractivity contribution in [1.29, 1.82) is 0 Å². The van der Waals surface area contributed by atoms with E-state index in [4.69, 9.17) is 0 Å². The minimum absolute atomic E-state index is 0. The Morgan fingerprint density at radius 2 is 0.492 bits per heavy atom. The maximum absolute atomic E-state index is 12.0. The van der Waals surface area contributed by atoms with Crippen LogP contribution in [0.3, 0.4) is 0 Å². The number of benzene rings is 4. The van der Waals surface area contributed by atoms with Gasteiger partial charge in [0, 0.05) is 12.4 Å². The Balaban J connectivity index is 0.000000380. The van der Waals surface area contributed by atoms with Crippen LogP contribution in [0.15, 0.2) is 146 Å². The van der Waals surface area contributed by atoms with E-state index in [1.165, 1.54) is 22.3 Å². The van der Waals surface area contributed by atoms with E-state index in [1.54, 1.807) is 40.6 Å². The number of hydrogen-bond acceptors (Lipinski definition) is 4. The van der Waals surface area contributed by atoms with Gasteiger partial charge in [-0.25, -0.2) is 0 Å². The zero-order chi connectivity index (χ0) is 46.6. The van der Waals surface area contributed by atoms with Gasteiger partial charge in [0.15, 0.2) is 11.2 Å². The molecule has 0 fully saturated rings. The van der Waals surface area contributed by atoms with Crippen LogP contribution >= 0.6 is 0 Å². The summed E-state index contributed by atoms with van der Waals surface area (Å²) in [4.78, 5) is 8.99. The molecule has 0 unspecified atom stereocenters. The first kappa shape index (κ1) is 55.0. The van der Waals surface area contributed by atoms with Gasteiger partial charge < -0.3 is 20.8 Å². The molecule has 0 aliphatic carbocycles. The van der Waals surface area contributed by atoms with Crippen molar-refractivity contribution >= 4 is 0 Å². The first-order valence-corrected chi connectivity index (χ1v) is 21.6. The summed E-state index contributed by atoms with van der Waals surface area (Å²) in [5.41, 5.74) is 7.16. The number of rotatable bonds is 6. The second-order valence-electron chi connectivity index (χ2n) is 20.1. The molecule has 6 rings (SSSR count). The number of aliphatic hydroxyl groups is 2. The molecule has 2 heterocycles. The van der Waals surface area contributed by atoms with Crippen molar-refractivity contribution in [3.05, 3.63) is 212 Å². The Bertz CT molecular complexity index is 1920. The van der Waals surface area contributed by atoms with Crippen LogP contribution in [0.5, 0.6) is 0 Å². The van der Waals surface area contributed by atoms with Gasteiger partial charge in [-0.3, -0.25) is 9.97 Å². The fourth-order valence-electron chi connectivity index (χ4n) is 6.92. The van der Waals surface area contributed by atoms with E-state index >= 15 is 0 Å². The molecule has 0 spiro atoms. The maximum Gasteiger partial charge on any atom is 2.00 e. The topological polar surface area (TPSA) is 94.4 Å². The van der Waals surface area contributed by atoms with Gasteiger partial charge >= 0.3 is 26.2 Å². The molecule has 0 bridgehead atoms. The number of pyridine rings is 2. The summed E-state index contributed by atoms with van der Waals surface area (Å²) in [6, 6.07) is 44.3. The van der Waals surface area contributed by atoms with Crippen molar-refractivity contribution in [3.8, 4) is 0 Å². The number of aromatic nitrogens is 2. The molecule has 0 saturated heterocycles. The standard InChI is InChI=1S/2C26H31NO.2C2H6N.Zr/c2*1-24(2,3)19-10-14-21(15-11-19)26(28,23-9-7-8-18-27-23)22-16-12-20(13-17-22)25(4,5)6;2*1-3-2;/h2*7-18,28H,1-6H3;2*1-2H3;/q;;2*-1;+2. The normalized spacial score (nSPS) is 12.0. The summed E-state index contributed by atoms with van der Waals surface area (Å²) >= 11 is 0. The maximum atomic E-state index is 12.0. The summed E-state index contributed by atoms with van der Waals surface area (Å²) < 4.78 is 0. The fraction of sp³-hybridized carbons (Fsp3) is 0.393. The second kappa shape index (κ2) is 23.2. The van der Waals surface area contributed by atoms with Crippen LogP contribution in [0.1, 0.15) is 139 Å². The van der Waals surface area contributed by atoms with Crippen molar-refractivity contribution in [2.45, 2.75) is 116 Å². The first-order chi connectivity index (χ1) is 28.9. The molecule has 7 heteroatoms. The molecule has 0 atom stereocenters. The molecule has 334 valence electrons. The van der Waals surface area contributed by atoms with Crippen LogP contribution < -0.4 is 0 Å². The third-order valence-electron chi connectivity index (χ3n) is 10.7. The van der Waals surface area contributed by atoms with Gasteiger partial charge in [0.05, 0.1) is 11.4 Å². The predicted molar refractivity (Wildman–Crippen MR) is 264 cm³/mol. The van der Waals surface area contributed by atoms with Gasteiger partial charge in [0.25, 0.3) is 0 Å². The van der Waals surface area contributed by atoms with Gasteiger partial charge in [-0.2, -0.15) is 28.2 Å². The SMILES string of the molecule is CC(C)(C)c1ccc(C(O)(c2ccc(C(C)(C)C)cc2)c2ccccn2)cc1.CC(C)(C)c1ccc(C(O)(c2ccc(C(C)(C)C)cc2)c2ccccn2)cc1.C[N-]C.C[N-]C.[Zr+2]. The summed E-state index contributed by atoms with van der Waals surface area (Å²) in [5.74, 6) is 0. The van der Waals surface area contributed by atoms with Gasteiger partial charge in [-0.1, -0.05) is 192 Å². The Kier molecular flexibility index (Phi) is 20.3. The molecule has 6 aromatic rings. The average molecular weight is 926 g/mol. The van der Waals surface area contributed by atoms with Crippen molar-refractivity contribution in [2.75, 3.05) is 28.2 Å². The first-order valence-electron chi connectivity index (χ1n) is 21.6. The second-order valence-corrected chi connectivity index (χ2v) is 20.1. The van der Waals surface area contributed by atoms with Gasteiger partial charge in [-0.15, -0.1) is 0 Å². The van der Waals surface area contributed by atoms with Gasteiger partial charge in [0.2, 0.25) is 0 Å². The van der Waals surface area contributed by atoms with Crippen LogP contribution in [0, 0.1) is 0 Å². The van der Waals surface area contributed by atoms with Crippen LogP contribution in [0.4, 0.5) is 0 Å². The van der Waals surface area contributed by atoms with Crippen LogP contribution in [0.2, 0.25) is 0 Å². The molecule has 6 nitrogen and oxygen atoms in total. The minimum Gasteiger partial charge on any atom is -0.668 e. The molecule has 0 amide bonds. The van der Waals surface area contributed by atoms with Crippen molar-refractivity contribution in [1.82, 2.24) is 9.97 Å². The molecule has 4 aromatic carbocycles. The van der Waals surface area contributed by atoms with E-state index in [2.05, 4.69) is 152 Å².